The number of aromatic nitrogens is 4. The van der Waals surface area contributed by atoms with Gasteiger partial charge in [0.1, 0.15) is 12.1 Å². The highest BCUT2D eigenvalue weighted by Crippen LogP contribution is 2.22. The van der Waals surface area contributed by atoms with E-state index in [4.69, 9.17) is 0 Å². The Kier molecular flexibility index (Phi) is 3.46. The number of anilines is 2. The molecule has 0 saturated carbocycles. The summed E-state index contributed by atoms with van der Waals surface area (Å²) in [6.07, 6.45) is 1.47. The van der Waals surface area contributed by atoms with Crippen LogP contribution in [-0.2, 0) is 4.74 Å². The third-order valence-corrected chi connectivity index (χ3v) is 3.48. The Morgan fingerprint density at radius 1 is 1.23 bits per heavy atom. The van der Waals surface area contributed by atoms with Crippen molar-refractivity contribution >= 4 is 23.3 Å². The van der Waals surface area contributed by atoms with Crippen LogP contribution in [0, 0.1) is 13.8 Å². The van der Waals surface area contributed by atoms with Crippen LogP contribution < -0.4 is 5.32 Å². The van der Waals surface area contributed by atoms with Gasteiger partial charge in [0, 0.05) is 16.9 Å². The van der Waals surface area contributed by atoms with Crippen molar-refractivity contribution in [3.8, 4) is 0 Å². The van der Waals surface area contributed by atoms with Crippen molar-refractivity contribution in [1.29, 1.82) is 0 Å². The van der Waals surface area contributed by atoms with Crippen LogP contribution in [0.3, 0.4) is 0 Å². The molecule has 1 N–H and O–H groups in total. The molecular formula is C15H15N5O2. The second-order valence-electron chi connectivity index (χ2n) is 4.84. The number of hydrogen-bond acceptors (Lipinski definition) is 6. The summed E-state index contributed by atoms with van der Waals surface area (Å²) in [5.74, 6) is 0.976. The minimum Gasteiger partial charge on any atom is -0.465 e. The predicted molar refractivity (Wildman–Crippen MR) is 81.3 cm³/mol. The maximum absolute atomic E-state index is 11.4. The predicted octanol–water partition coefficient (Wildman–Crippen LogP) is 2.27. The Labute approximate surface area is 127 Å². The van der Waals surface area contributed by atoms with E-state index in [0.29, 0.717) is 11.3 Å². The summed E-state index contributed by atoms with van der Waals surface area (Å²) in [5, 5.41) is 7.48. The van der Waals surface area contributed by atoms with E-state index >= 15 is 0 Å². The Morgan fingerprint density at radius 3 is 2.64 bits per heavy atom. The van der Waals surface area contributed by atoms with E-state index in [9.17, 15) is 4.79 Å². The molecule has 0 bridgehead atoms. The standard InChI is InChI=1S/C15H15N5O2/c1-9-10(2)18-15-16-8-17-20(15)13(9)19-12-6-4-11(5-7-12)14(21)22-3/h4-8,19H,1-3H3. The molecule has 0 aliphatic carbocycles. The lowest BCUT2D eigenvalue weighted by atomic mass is 10.2. The van der Waals surface area contributed by atoms with Crippen LogP contribution in [0.4, 0.5) is 11.5 Å². The molecule has 3 aromatic rings. The lowest BCUT2D eigenvalue weighted by Crippen LogP contribution is -2.06. The molecule has 3 rings (SSSR count). The molecule has 0 aliphatic heterocycles. The summed E-state index contributed by atoms with van der Waals surface area (Å²) < 4.78 is 6.34. The van der Waals surface area contributed by atoms with E-state index in [-0.39, 0.29) is 5.97 Å². The topological polar surface area (TPSA) is 81.4 Å². The smallest absolute Gasteiger partial charge is 0.337 e. The fourth-order valence-corrected chi connectivity index (χ4v) is 2.12. The summed E-state index contributed by atoms with van der Waals surface area (Å²) in [4.78, 5) is 19.9. The highest BCUT2D eigenvalue weighted by Gasteiger charge is 2.11. The summed E-state index contributed by atoms with van der Waals surface area (Å²) in [6, 6.07) is 7.03. The first-order valence-electron chi connectivity index (χ1n) is 6.72. The molecule has 2 heterocycles. The van der Waals surface area contributed by atoms with Gasteiger partial charge in [0.25, 0.3) is 5.78 Å². The van der Waals surface area contributed by atoms with E-state index in [1.54, 1.807) is 16.6 Å². The quantitative estimate of drug-likeness (QED) is 0.747. The number of nitrogens with zero attached hydrogens (tertiary/aromatic N) is 4. The number of rotatable bonds is 3. The Bertz CT molecular complexity index is 839. The maximum Gasteiger partial charge on any atom is 0.337 e. The normalized spacial score (nSPS) is 10.7. The molecular weight excluding hydrogens is 282 g/mol. The van der Waals surface area contributed by atoms with Crippen molar-refractivity contribution in [3.05, 3.63) is 47.4 Å². The van der Waals surface area contributed by atoms with Gasteiger partial charge in [0.05, 0.1) is 12.7 Å². The second-order valence-corrected chi connectivity index (χ2v) is 4.84. The van der Waals surface area contributed by atoms with Gasteiger partial charge in [-0.15, -0.1) is 0 Å². The fraction of sp³-hybridized carbons (Fsp3) is 0.200. The average molecular weight is 297 g/mol. The van der Waals surface area contributed by atoms with E-state index in [0.717, 1.165) is 22.8 Å². The van der Waals surface area contributed by atoms with Crippen LogP contribution in [0.1, 0.15) is 21.6 Å². The van der Waals surface area contributed by atoms with Gasteiger partial charge in [0.15, 0.2) is 0 Å². The SMILES string of the molecule is COC(=O)c1ccc(Nc2c(C)c(C)nc3ncnn23)cc1. The first-order valence-corrected chi connectivity index (χ1v) is 6.72. The van der Waals surface area contributed by atoms with Crippen molar-refractivity contribution in [2.75, 3.05) is 12.4 Å². The largest absolute Gasteiger partial charge is 0.465 e. The zero-order chi connectivity index (χ0) is 15.7. The lowest BCUT2D eigenvalue weighted by Gasteiger charge is -2.12. The third kappa shape index (κ3) is 2.37. The van der Waals surface area contributed by atoms with E-state index < -0.39 is 0 Å². The number of hydrogen-bond donors (Lipinski definition) is 1. The summed E-state index contributed by atoms with van der Waals surface area (Å²) in [6.45, 7) is 3.89. The average Bonchev–Trinajstić information content (AvgIpc) is 2.99. The summed E-state index contributed by atoms with van der Waals surface area (Å²) in [5.41, 5.74) is 3.20. The molecule has 1 aromatic carbocycles. The van der Waals surface area contributed by atoms with Gasteiger partial charge in [-0.1, -0.05) is 0 Å². The number of esters is 1. The molecule has 22 heavy (non-hydrogen) atoms. The monoisotopic (exact) mass is 297 g/mol. The van der Waals surface area contributed by atoms with Crippen LogP contribution in [-0.4, -0.2) is 32.7 Å². The van der Waals surface area contributed by atoms with Crippen LogP contribution in [0.25, 0.3) is 5.78 Å². The van der Waals surface area contributed by atoms with Crippen LogP contribution in [0.2, 0.25) is 0 Å². The number of ether oxygens (including phenoxy) is 1. The zero-order valence-corrected chi connectivity index (χ0v) is 12.5. The maximum atomic E-state index is 11.4. The Hall–Kier alpha value is -2.96. The van der Waals surface area contributed by atoms with Gasteiger partial charge in [-0.05, 0) is 38.1 Å². The molecule has 0 spiro atoms. The highest BCUT2D eigenvalue weighted by molar-refractivity contribution is 5.89. The number of nitrogens with one attached hydrogen (secondary N) is 1. The second kappa shape index (κ2) is 5.44. The molecule has 112 valence electrons. The van der Waals surface area contributed by atoms with Crippen molar-refractivity contribution in [1.82, 2.24) is 19.6 Å². The van der Waals surface area contributed by atoms with Gasteiger partial charge >= 0.3 is 5.97 Å². The fourth-order valence-electron chi connectivity index (χ4n) is 2.12. The van der Waals surface area contributed by atoms with Crippen molar-refractivity contribution < 1.29 is 9.53 Å². The number of benzene rings is 1. The number of carbonyl (C=O) groups excluding carboxylic acids is 1. The summed E-state index contributed by atoms with van der Waals surface area (Å²) in [7, 11) is 1.36. The molecule has 0 atom stereocenters. The Morgan fingerprint density at radius 2 is 1.95 bits per heavy atom. The van der Waals surface area contributed by atoms with E-state index in [2.05, 4.69) is 25.1 Å². The molecule has 7 heteroatoms. The van der Waals surface area contributed by atoms with Crippen LogP contribution in [0.15, 0.2) is 30.6 Å². The Balaban J connectivity index is 1.98. The minimum atomic E-state index is -0.360. The van der Waals surface area contributed by atoms with Gasteiger partial charge in [0.2, 0.25) is 0 Å². The molecule has 0 unspecified atom stereocenters. The molecule has 2 aromatic heterocycles. The van der Waals surface area contributed by atoms with Gasteiger partial charge < -0.3 is 10.1 Å². The third-order valence-electron chi connectivity index (χ3n) is 3.48. The number of carbonyl (C=O) groups is 1. The molecule has 0 amide bonds. The van der Waals surface area contributed by atoms with Crippen LogP contribution >= 0.6 is 0 Å². The van der Waals surface area contributed by atoms with Crippen molar-refractivity contribution in [3.63, 3.8) is 0 Å². The lowest BCUT2D eigenvalue weighted by molar-refractivity contribution is 0.0601. The number of fused-ring (bicyclic) bond motifs is 1. The molecule has 0 radical (unpaired) electrons. The van der Waals surface area contributed by atoms with E-state index in [1.807, 2.05) is 26.0 Å². The van der Waals surface area contributed by atoms with Crippen LogP contribution in [0.5, 0.6) is 0 Å². The zero-order valence-electron chi connectivity index (χ0n) is 12.5. The van der Waals surface area contributed by atoms with Gasteiger partial charge in [-0.25, -0.2) is 9.78 Å². The first-order chi connectivity index (χ1) is 10.6. The van der Waals surface area contributed by atoms with E-state index in [1.165, 1.54) is 13.4 Å². The molecule has 7 nitrogen and oxygen atoms in total. The first kappa shape index (κ1) is 14.0. The van der Waals surface area contributed by atoms with Crippen molar-refractivity contribution in [2.24, 2.45) is 0 Å². The number of aryl methyl sites for hydroxylation is 1. The molecule has 0 saturated heterocycles. The van der Waals surface area contributed by atoms with Gasteiger partial charge in [-0.3, -0.25) is 0 Å². The van der Waals surface area contributed by atoms with Gasteiger partial charge in [-0.2, -0.15) is 14.6 Å². The highest BCUT2D eigenvalue weighted by atomic mass is 16.5. The molecule has 0 fully saturated rings. The van der Waals surface area contributed by atoms with Crippen molar-refractivity contribution in [2.45, 2.75) is 13.8 Å². The molecule has 0 aliphatic rings. The summed E-state index contributed by atoms with van der Waals surface area (Å²) >= 11 is 0. The minimum absolute atomic E-state index is 0.360. The number of methoxy groups -OCH3 is 1.